The number of aliphatic hydroxyl groups is 1. The lowest BCUT2D eigenvalue weighted by Gasteiger charge is -2.15. The molecule has 1 aromatic carbocycles. The molecule has 0 unspecified atom stereocenters. The van der Waals surface area contributed by atoms with Gasteiger partial charge >= 0.3 is 0 Å². The average Bonchev–Trinajstić information content (AvgIpc) is 2.35. The Morgan fingerprint density at radius 3 is 2.82 bits per heavy atom. The van der Waals surface area contributed by atoms with Crippen LogP contribution < -0.4 is 10.1 Å². The molecule has 0 saturated heterocycles. The highest BCUT2D eigenvalue weighted by molar-refractivity contribution is 9.10. The molecule has 1 atom stereocenters. The van der Waals surface area contributed by atoms with Crippen LogP contribution in [0.4, 0.5) is 0 Å². The summed E-state index contributed by atoms with van der Waals surface area (Å²) in [6, 6.07) is 4.96. The summed E-state index contributed by atoms with van der Waals surface area (Å²) in [6.45, 7) is 1.83. The maximum absolute atomic E-state index is 11.9. The first-order valence-electron chi connectivity index (χ1n) is 5.37. The number of hydrogen-bond acceptors (Lipinski definition) is 3. The van der Waals surface area contributed by atoms with E-state index in [4.69, 9.17) is 9.84 Å². The predicted molar refractivity (Wildman–Crippen MR) is 69.3 cm³/mol. The molecule has 0 aromatic heterocycles. The third-order valence-corrected chi connectivity index (χ3v) is 2.95. The molecule has 1 aromatic rings. The van der Waals surface area contributed by atoms with E-state index in [1.54, 1.807) is 18.2 Å². The fraction of sp³-hybridized carbons (Fsp3) is 0.417. The molecule has 0 aliphatic rings. The maximum Gasteiger partial charge on any atom is 0.255 e. The zero-order chi connectivity index (χ0) is 12.8. The van der Waals surface area contributed by atoms with E-state index in [9.17, 15) is 4.79 Å². The minimum atomic E-state index is -0.241. The Kier molecular flexibility index (Phi) is 5.44. The van der Waals surface area contributed by atoms with Crippen LogP contribution in [-0.2, 0) is 0 Å². The summed E-state index contributed by atoms with van der Waals surface area (Å²) in [6.07, 6.45) is 0.682. The lowest BCUT2D eigenvalue weighted by atomic mass is 10.1. The van der Waals surface area contributed by atoms with E-state index >= 15 is 0 Å². The van der Waals surface area contributed by atoms with Gasteiger partial charge in [-0.3, -0.25) is 4.79 Å². The number of halogens is 1. The molecular weight excluding hydrogens is 286 g/mol. The smallest absolute Gasteiger partial charge is 0.255 e. The molecule has 0 saturated carbocycles. The number of carbonyl (C=O) groups excluding carboxylic acids is 1. The van der Waals surface area contributed by atoms with Gasteiger partial charge in [-0.1, -0.05) is 22.9 Å². The van der Waals surface area contributed by atoms with Crippen molar-refractivity contribution < 1.29 is 14.6 Å². The molecule has 1 rings (SSSR count). The number of methoxy groups -OCH3 is 1. The van der Waals surface area contributed by atoms with Gasteiger partial charge in [0.1, 0.15) is 5.75 Å². The number of aliphatic hydroxyl groups excluding tert-OH is 1. The summed E-state index contributed by atoms with van der Waals surface area (Å²) in [5.74, 6) is 0.264. The first-order valence-corrected chi connectivity index (χ1v) is 6.17. The standard InChI is InChI=1S/C12H16BrNO3/c1-3-9(7-15)14-12(16)10-5-4-8(13)6-11(10)17-2/h4-6,9,15H,3,7H2,1-2H3,(H,14,16)/t9-/m1/s1. The molecule has 17 heavy (non-hydrogen) atoms. The molecule has 4 nitrogen and oxygen atoms in total. The third-order valence-electron chi connectivity index (χ3n) is 2.46. The van der Waals surface area contributed by atoms with Crippen molar-refractivity contribution in [1.82, 2.24) is 5.32 Å². The van der Waals surface area contributed by atoms with Crippen molar-refractivity contribution in [3.8, 4) is 5.75 Å². The van der Waals surface area contributed by atoms with Crippen LogP contribution in [0.15, 0.2) is 22.7 Å². The van der Waals surface area contributed by atoms with Gasteiger partial charge in [0.05, 0.1) is 25.3 Å². The largest absolute Gasteiger partial charge is 0.496 e. The molecule has 0 spiro atoms. The minimum absolute atomic E-state index is 0.0684. The number of benzene rings is 1. The topological polar surface area (TPSA) is 58.6 Å². The fourth-order valence-corrected chi connectivity index (χ4v) is 1.73. The predicted octanol–water partition coefficient (Wildman–Crippen LogP) is 1.96. The van der Waals surface area contributed by atoms with Gasteiger partial charge in [0.15, 0.2) is 0 Å². The third kappa shape index (κ3) is 3.71. The summed E-state index contributed by atoms with van der Waals surface area (Å²) >= 11 is 3.31. The van der Waals surface area contributed by atoms with E-state index in [2.05, 4.69) is 21.2 Å². The van der Waals surface area contributed by atoms with E-state index < -0.39 is 0 Å². The number of rotatable bonds is 5. The Bertz CT molecular complexity index is 391. The van der Waals surface area contributed by atoms with Crippen molar-refractivity contribution >= 4 is 21.8 Å². The van der Waals surface area contributed by atoms with Crippen molar-refractivity contribution in [2.24, 2.45) is 0 Å². The maximum atomic E-state index is 11.9. The van der Waals surface area contributed by atoms with Gasteiger partial charge in [0, 0.05) is 4.47 Å². The highest BCUT2D eigenvalue weighted by Crippen LogP contribution is 2.23. The number of nitrogens with one attached hydrogen (secondary N) is 1. The molecule has 0 bridgehead atoms. The van der Waals surface area contributed by atoms with Gasteiger partial charge in [0.2, 0.25) is 0 Å². The Hall–Kier alpha value is -1.07. The van der Waals surface area contributed by atoms with Gasteiger partial charge in [-0.25, -0.2) is 0 Å². The first kappa shape index (κ1) is 14.0. The van der Waals surface area contributed by atoms with E-state index in [-0.39, 0.29) is 18.6 Å². The lowest BCUT2D eigenvalue weighted by Crippen LogP contribution is -2.37. The molecule has 0 heterocycles. The molecule has 94 valence electrons. The molecule has 0 aliphatic heterocycles. The van der Waals surface area contributed by atoms with Gasteiger partial charge in [-0.05, 0) is 24.6 Å². The van der Waals surface area contributed by atoms with E-state index in [0.717, 1.165) is 4.47 Å². The molecule has 2 N–H and O–H groups in total. The molecule has 0 fully saturated rings. The monoisotopic (exact) mass is 301 g/mol. The number of ether oxygens (including phenoxy) is 1. The van der Waals surface area contributed by atoms with E-state index in [0.29, 0.717) is 17.7 Å². The molecular formula is C12H16BrNO3. The minimum Gasteiger partial charge on any atom is -0.496 e. The van der Waals surface area contributed by atoms with Crippen LogP contribution in [0, 0.1) is 0 Å². The Morgan fingerprint density at radius 2 is 2.29 bits per heavy atom. The van der Waals surface area contributed by atoms with E-state index in [1.165, 1.54) is 7.11 Å². The van der Waals surface area contributed by atoms with Crippen molar-refractivity contribution in [3.05, 3.63) is 28.2 Å². The van der Waals surface area contributed by atoms with Gasteiger partial charge < -0.3 is 15.2 Å². The summed E-state index contributed by atoms with van der Waals surface area (Å²) in [5.41, 5.74) is 0.461. The van der Waals surface area contributed by atoms with Crippen LogP contribution in [0.5, 0.6) is 5.75 Å². The zero-order valence-electron chi connectivity index (χ0n) is 9.87. The van der Waals surface area contributed by atoms with Crippen LogP contribution in [0.25, 0.3) is 0 Å². The van der Waals surface area contributed by atoms with E-state index in [1.807, 2.05) is 6.92 Å². The summed E-state index contributed by atoms with van der Waals surface area (Å²) in [5, 5.41) is 11.8. The fourth-order valence-electron chi connectivity index (χ4n) is 1.39. The van der Waals surface area contributed by atoms with Crippen molar-refractivity contribution in [2.45, 2.75) is 19.4 Å². The molecule has 0 aliphatic carbocycles. The quantitative estimate of drug-likeness (QED) is 0.874. The Morgan fingerprint density at radius 1 is 1.59 bits per heavy atom. The normalized spacial score (nSPS) is 12.0. The van der Waals surface area contributed by atoms with Crippen molar-refractivity contribution in [2.75, 3.05) is 13.7 Å². The number of amides is 1. The first-order chi connectivity index (χ1) is 8.12. The van der Waals surface area contributed by atoms with Gasteiger partial charge in [-0.2, -0.15) is 0 Å². The van der Waals surface area contributed by atoms with Gasteiger partial charge in [0.25, 0.3) is 5.91 Å². The summed E-state index contributed by atoms with van der Waals surface area (Å²) < 4.78 is 5.99. The lowest BCUT2D eigenvalue weighted by molar-refractivity contribution is 0.0912. The van der Waals surface area contributed by atoms with Crippen LogP contribution in [0.3, 0.4) is 0 Å². The molecule has 1 amide bonds. The second kappa shape index (κ2) is 6.61. The summed E-state index contributed by atoms with van der Waals surface area (Å²) in [4.78, 5) is 11.9. The Labute approximate surface area is 109 Å². The van der Waals surface area contributed by atoms with Crippen molar-refractivity contribution in [1.29, 1.82) is 0 Å². The second-order valence-electron chi connectivity index (χ2n) is 3.61. The highest BCUT2D eigenvalue weighted by Gasteiger charge is 2.15. The van der Waals surface area contributed by atoms with Crippen LogP contribution in [0.2, 0.25) is 0 Å². The molecule has 5 heteroatoms. The van der Waals surface area contributed by atoms with Crippen LogP contribution in [-0.4, -0.2) is 30.8 Å². The second-order valence-corrected chi connectivity index (χ2v) is 4.52. The average molecular weight is 302 g/mol. The molecule has 0 radical (unpaired) electrons. The van der Waals surface area contributed by atoms with Gasteiger partial charge in [-0.15, -0.1) is 0 Å². The van der Waals surface area contributed by atoms with Crippen LogP contribution >= 0.6 is 15.9 Å². The highest BCUT2D eigenvalue weighted by atomic mass is 79.9. The SMILES string of the molecule is CC[C@H](CO)NC(=O)c1ccc(Br)cc1OC. The summed E-state index contributed by atoms with van der Waals surface area (Å²) in [7, 11) is 1.52. The van der Waals surface area contributed by atoms with Crippen molar-refractivity contribution in [3.63, 3.8) is 0 Å². The number of carbonyl (C=O) groups is 1. The van der Waals surface area contributed by atoms with Crippen LogP contribution in [0.1, 0.15) is 23.7 Å². The Balaban J connectivity index is 2.88. The zero-order valence-corrected chi connectivity index (χ0v) is 11.5. The number of hydrogen-bond donors (Lipinski definition) is 2.